The highest BCUT2D eigenvalue weighted by Gasteiger charge is 2.11. The summed E-state index contributed by atoms with van der Waals surface area (Å²) in [5, 5.41) is 0. The zero-order chi connectivity index (χ0) is 23.9. The van der Waals surface area contributed by atoms with E-state index in [2.05, 4.69) is 41.5 Å². The highest BCUT2D eigenvalue weighted by atomic mass is 31.1. The number of hydrogen-bond donors (Lipinski definition) is 0. The molecule has 0 aliphatic heterocycles. The highest BCUT2D eigenvalue weighted by Crippen LogP contribution is 2.40. The fraction of sp³-hybridized carbons (Fsp3) is 1.00. The first-order valence-electron chi connectivity index (χ1n) is 15.2. The Morgan fingerprint density at radius 3 is 1.28 bits per heavy atom. The first-order chi connectivity index (χ1) is 15.5. The van der Waals surface area contributed by atoms with Gasteiger partial charge in [0.15, 0.2) is 0 Å². The van der Waals surface area contributed by atoms with Crippen molar-refractivity contribution in [3.8, 4) is 0 Å². The fourth-order valence-corrected chi connectivity index (χ4v) is 7.63. The predicted molar refractivity (Wildman–Crippen MR) is 154 cm³/mol. The van der Waals surface area contributed by atoms with Crippen molar-refractivity contribution in [2.45, 2.75) is 164 Å². The molecular formula is C31H65P. The van der Waals surface area contributed by atoms with E-state index in [4.69, 9.17) is 0 Å². The monoisotopic (exact) mass is 468 g/mol. The smallest absolute Gasteiger partial charge is 0.0323 e. The molecule has 0 aromatic heterocycles. The third kappa shape index (κ3) is 25.1. The molecule has 0 aromatic carbocycles. The summed E-state index contributed by atoms with van der Waals surface area (Å²) in [6.07, 6.45) is 32.7. The summed E-state index contributed by atoms with van der Waals surface area (Å²) >= 11 is 0. The van der Waals surface area contributed by atoms with E-state index in [1.807, 2.05) is 0 Å². The molecule has 0 amide bonds. The Hall–Kier alpha value is 0.430. The molecule has 1 atom stereocenters. The first-order valence-corrected chi connectivity index (χ1v) is 17.1. The second kappa shape index (κ2) is 24.6. The molecule has 194 valence electrons. The summed E-state index contributed by atoms with van der Waals surface area (Å²) in [4.78, 5) is 0. The van der Waals surface area contributed by atoms with E-state index in [0.717, 1.165) is 17.8 Å². The molecule has 0 radical (unpaired) electrons. The van der Waals surface area contributed by atoms with Crippen molar-refractivity contribution < 1.29 is 0 Å². The minimum atomic E-state index is 0.311. The van der Waals surface area contributed by atoms with E-state index in [1.54, 1.807) is 18.5 Å². The van der Waals surface area contributed by atoms with Gasteiger partial charge in [-0.2, -0.15) is 0 Å². The van der Waals surface area contributed by atoms with E-state index < -0.39 is 0 Å². The molecule has 32 heavy (non-hydrogen) atoms. The van der Waals surface area contributed by atoms with E-state index >= 15 is 0 Å². The number of hydrogen-bond acceptors (Lipinski definition) is 0. The molecule has 0 heterocycles. The molecule has 0 saturated heterocycles. The summed E-state index contributed by atoms with van der Waals surface area (Å²) in [6.45, 7) is 14.4. The van der Waals surface area contributed by atoms with Crippen molar-refractivity contribution in [3.63, 3.8) is 0 Å². The summed E-state index contributed by atoms with van der Waals surface area (Å²) in [5.74, 6) is 2.74. The lowest BCUT2D eigenvalue weighted by Gasteiger charge is -2.20. The normalized spacial score (nSPS) is 13.0. The standard InChI is InChI=1S/C31H65P/c1-7-8-9-10-11-12-13-14-19-24-31(6)25-28-32(26-20-15-17-22-29(2)3)27-21-16-18-23-30(4)5/h29-31H,7-28H2,1-6H3. The van der Waals surface area contributed by atoms with Crippen LogP contribution in [0.1, 0.15) is 164 Å². The van der Waals surface area contributed by atoms with Gasteiger partial charge < -0.3 is 0 Å². The van der Waals surface area contributed by atoms with Crippen LogP contribution in [0.4, 0.5) is 0 Å². The van der Waals surface area contributed by atoms with Crippen molar-refractivity contribution in [2.24, 2.45) is 17.8 Å². The lowest BCUT2D eigenvalue weighted by molar-refractivity contribution is 0.470. The molecule has 0 bridgehead atoms. The average molecular weight is 469 g/mol. The third-order valence-electron chi connectivity index (χ3n) is 7.25. The molecule has 0 spiro atoms. The summed E-state index contributed by atoms with van der Waals surface area (Å²) in [5.41, 5.74) is 0. The minimum Gasteiger partial charge on any atom is -0.107 e. The highest BCUT2D eigenvalue weighted by molar-refractivity contribution is 7.57. The van der Waals surface area contributed by atoms with E-state index in [-0.39, 0.29) is 0 Å². The van der Waals surface area contributed by atoms with E-state index in [1.165, 1.54) is 122 Å². The molecule has 0 aliphatic carbocycles. The molecular weight excluding hydrogens is 403 g/mol. The van der Waals surface area contributed by atoms with Crippen LogP contribution in [0, 0.1) is 17.8 Å². The molecule has 1 heteroatoms. The second-order valence-electron chi connectivity index (χ2n) is 11.8. The molecule has 0 rings (SSSR count). The third-order valence-corrected chi connectivity index (χ3v) is 10.0. The van der Waals surface area contributed by atoms with Crippen LogP contribution in [-0.2, 0) is 0 Å². The maximum Gasteiger partial charge on any atom is -0.0323 e. The topological polar surface area (TPSA) is 0 Å². The minimum absolute atomic E-state index is 0.311. The van der Waals surface area contributed by atoms with Gasteiger partial charge in [-0.1, -0.05) is 144 Å². The van der Waals surface area contributed by atoms with Crippen molar-refractivity contribution in [1.82, 2.24) is 0 Å². The Bertz CT molecular complexity index is 330. The van der Waals surface area contributed by atoms with Gasteiger partial charge in [0, 0.05) is 0 Å². The zero-order valence-corrected chi connectivity index (χ0v) is 24.6. The molecule has 0 aliphatic rings. The van der Waals surface area contributed by atoms with Gasteiger partial charge in [0.2, 0.25) is 0 Å². The largest absolute Gasteiger partial charge is 0.107 e. The first kappa shape index (κ1) is 32.4. The SMILES string of the molecule is CCCCCCCCCCCC(C)CCP(CCCCCC(C)C)CCCCCC(C)C. The maximum absolute atomic E-state index is 2.55. The van der Waals surface area contributed by atoms with Gasteiger partial charge in [0.1, 0.15) is 0 Å². The van der Waals surface area contributed by atoms with Gasteiger partial charge in [0.05, 0.1) is 0 Å². The van der Waals surface area contributed by atoms with Crippen LogP contribution < -0.4 is 0 Å². The van der Waals surface area contributed by atoms with Crippen LogP contribution in [0.5, 0.6) is 0 Å². The molecule has 0 aromatic rings. The fourth-order valence-electron chi connectivity index (χ4n) is 4.82. The van der Waals surface area contributed by atoms with Crippen LogP contribution in [-0.4, -0.2) is 18.5 Å². The van der Waals surface area contributed by atoms with Crippen LogP contribution in [0.25, 0.3) is 0 Å². The van der Waals surface area contributed by atoms with Gasteiger partial charge in [-0.3, -0.25) is 0 Å². The Kier molecular flexibility index (Phi) is 24.9. The molecule has 0 N–H and O–H groups in total. The van der Waals surface area contributed by atoms with Crippen LogP contribution in [0.2, 0.25) is 0 Å². The predicted octanol–water partition coefficient (Wildman–Crippen LogP) is 11.8. The lowest BCUT2D eigenvalue weighted by Crippen LogP contribution is -2.02. The van der Waals surface area contributed by atoms with Crippen molar-refractivity contribution >= 4 is 7.92 Å². The molecule has 1 unspecified atom stereocenters. The maximum atomic E-state index is 2.55. The number of unbranched alkanes of at least 4 members (excludes halogenated alkanes) is 12. The molecule has 0 fully saturated rings. The van der Waals surface area contributed by atoms with Crippen LogP contribution in [0.15, 0.2) is 0 Å². The van der Waals surface area contributed by atoms with E-state index in [0.29, 0.717) is 7.92 Å². The Morgan fingerprint density at radius 2 is 0.812 bits per heavy atom. The Balaban J connectivity index is 3.94. The molecule has 0 saturated carbocycles. The molecule has 0 nitrogen and oxygen atoms in total. The van der Waals surface area contributed by atoms with Gasteiger partial charge >= 0.3 is 0 Å². The summed E-state index contributed by atoms with van der Waals surface area (Å²) < 4.78 is 0. The van der Waals surface area contributed by atoms with Gasteiger partial charge in [0.25, 0.3) is 0 Å². The van der Waals surface area contributed by atoms with Crippen molar-refractivity contribution in [3.05, 3.63) is 0 Å². The summed E-state index contributed by atoms with van der Waals surface area (Å²) in [6, 6.07) is 0. The van der Waals surface area contributed by atoms with Gasteiger partial charge in [-0.15, -0.1) is 7.92 Å². The van der Waals surface area contributed by atoms with Crippen LogP contribution in [0.3, 0.4) is 0 Å². The quantitative estimate of drug-likeness (QED) is 0.0922. The zero-order valence-electron chi connectivity index (χ0n) is 23.7. The Labute approximate surface area is 207 Å². The van der Waals surface area contributed by atoms with E-state index in [9.17, 15) is 0 Å². The van der Waals surface area contributed by atoms with Gasteiger partial charge in [-0.25, -0.2) is 0 Å². The van der Waals surface area contributed by atoms with Crippen molar-refractivity contribution in [1.29, 1.82) is 0 Å². The summed E-state index contributed by atoms with van der Waals surface area (Å²) in [7, 11) is 0.311. The van der Waals surface area contributed by atoms with Gasteiger partial charge in [-0.05, 0) is 55.5 Å². The van der Waals surface area contributed by atoms with Crippen LogP contribution >= 0.6 is 7.92 Å². The second-order valence-corrected chi connectivity index (χ2v) is 14.5. The van der Waals surface area contributed by atoms with Crippen molar-refractivity contribution in [2.75, 3.05) is 18.5 Å². The number of rotatable bonds is 25. The lowest BCUT2D eigenvalue weighted by atomic mass is 9.99. The average Bonchev–Trinajstić information content (AvgIpc) is 2.74. The Morgan fingerprint density at radius 1 is 0.406 bits per heavy atom.